The van der Waals surface area contributed by atoms with Crippen LogP contribution in [0.1, 0.15) is 23.0 Å². The van der Waals surface area contributed by atoms with Gasteiger partial charge in [-0.15, -0.1) is 0 Å². The van der Waals surface area contributed by atoms with Gasteiger partial charge in [-0.05, 0) is 23.0 Å². The predicted molar refractivity (Wildman–Crippen MR) is 57.2 cm³/mol. The maximum absolute atomic E-state index is 4.20. The number of benzene rings is 1. The van der Waals surface area contributed by atoms with Crippen molar-refractivity contribution >= 4 is 0 Å². The van der Waals surface area contributed by atoms with Crippen LogP contribution in [0.25, 0.3) is 0 Å². The van der Waals surface area contributed by atoms with E-state index < -0.39 is 0 Å². The van der Waals surface area contributed by atoms with Crippen LogP contribution in [0.3, 0.4) is 0 Å². The third kappa shape index (κ3) is 0.608. The SMILES string of the molecule is C=C1[C@@H]2[C@H]1[C@@H]1C=C[C@H]2c2ccccc21. The Morgan fingerprint density at radius 3 is 1.86 bits per heavy atom. The van der Waals surface area contributed by atoms with E-state index in [1.807, 2.05) is 0 Å². The molecule has 0 saturated heterocycles. The molecule has 4 aliphatic rings. The highest BCUT2D eigenvalue weighted by Gasteiger charge is 2.56. The van der Waals surface area contributed by atoms with E-state index in [4.69, 9.17) is 0 Å². The second-order valence-electron chi connectivity index (χ2n) is 4.69. The van der Waals surface area contributed by atoms with E-state index in [0.717, 1.165) is 11.8 Å². The quantitative estimate of drug-likeness (QED) is 0.538. The fourth-order valence-corrected chi connectivity index (χ4v) is 3.46. The zero-order chi connectivity index (χ0) is 9.28. The van der Waals surface area contributed by atoms with Crippen molar-refractivity contribution in [2.24, 2.45) is 11.8 Å². The van der Waals surface area contributed by atoms with Crippen molar-refractivity contribution in [3.05, 3.63) is 59.7 Å². The minimum absolute atomic E-state index is 0.647. The first kappa shape index (κ1) is 7.05. The number of allylic oxidation sites excluding steroid dienone is 3. The van der Waals surface area contributed by atoms with E-state index in [0.29, 0.717) is 11.8 Å². The molecule has 0 aliphatic heterocycles. The standard InChI is InChI=1S/C14H12/c1-8-13-11-6-7-12(14(8)13)10-5-3-2-4-9(10)11/h2-7,11-14H,1H2/t11-,12+,13-,14+. The topological polar surface area (TPSA) is 0 Å². The van der Waals surface area contributed by atoms with Crippen molar-refractivity contribution in [1.29, 1.82) is 0 Å². The van der Waals surface area contributed by atoms with E-state index in [1.54, 1.807) is 11.1 Å². The lowest BCUT2D eigenvalue weighted by Crippen LogP contribution is -2.19. The van der Waals surface area contributed by atoms with E-state index in [9.17, 15) is 0 Å². The second kappa shape index (κ2) is 2.03. The summed E-state index contributed by atoms with van der Waals surface area (Å²) >= 11 is 0. The summed E-state index contributed by atoms with van der Waals surface area (Å²) in [5.41, 5.74) is 4.60. The van der Waals surface area contributed by atoms with Crippen molar-refractivity contribution in [2.75, 3.05) is 0 Å². The predicted octanol–water partition coefficient (Wildman–Crippen LogP) is 3.24. The average molecular weight is 180 g/mol. The van der Waals surface area contributed by atoms with Gasteiger partial charge in [0.15, 0.2) is 0 Å². The van der Waals surface area contributed by atoms with Crippen LogP contribution >= 0.6 is 0 Å². The van der Waals surface area contributed by atoms with E-state index in [1.165, 1.54) is 5.57 Å². The van der Waals surface area contributed by atoms with Gasteiger partial charge in [0.25, 0.3) is 0 Å². The largest absolute Gasteiger partial charge is 0.0992 e. The van der Waals surface area contributed by atoms with Crippen LogP contribution in [0.4, 0.5) is 0 Å². The first-order valence-corrected chi connectivity index (χ1v) is 5.34. The fourth-order valence-electron chi connectivity index (χ4n) is 3.46. The molecule has 0 amide bonds. The summed E-state index contributed by atoms with van der Waals surface area (Å²) in [7, 11) is 0. The van der Waals surface area contributed by atoms with Crippen molar-refractivity contribution in [3.63, 3.8) is 0 Å². The van der Waals surface area contributed by atoms with Gasteiger partial charge in [0, 0.05) is 11.8 Å². The molecule has 1 saturated carbocycles. The summed E-state index contributed by atoms with van der Waals surface area (Å²) < 4.78 is 0. The molecule has 1 aromatic carbocycles. The van der Waals surface area contributed by atoms with Crippen LogP contribution in [0.5, 0.6) is 0 Å². The molecule has 0 heteroatoms. The lowest BCUT2D eigenvalue weighted by atomic mass is 9.72. The molecule has 0 spiro atoms. The molecule has 0 N–H and O–H groups in total. The summed E-state index contributed by atoms with van der Waals surface area (Å²) in [6.45, 7) is 4.20. The molecule has 0 unspecified atom stereocenters. The smallest absolute Gasteiger partial charge is 0.00927 e. The third-order valence-electron chi connectivity index (χ3n) is 4.15. The summed E-state index contributed by atoms with van der Waals surface area (Å²) in [5, 5.41) is 0. The first-order chi connectivity index (χ1) is 6.88. The van der Waals surface area contributed by atoms with E-state index in [-0.39, 0.29) is 0 Å². The fraction of sp³-hybridized carbons (Fsp3) is 0.286. The number of hydrogen-bond acceptors (Lipinski definition) is 0. The van der Waals surface area contributed by atoms with Crippen LogP contribution in [0, 0.1) is 11.8 Å². The molecular formula is C14H12. The molecule has 0 radical (unpaired) electrons. The Balaban J connectivity index is 2.01. The van der Waals surface area contributed by atoms with Crippen LogP contribution in [-0.4, -0.2) is 0 Å². The maximum atomic E-state index is 4.20. The highest BCUT2D eigenvalue weighted by Crippen LogP contribution is 2.67. The first-order valence-electron chi connectivity index (χ1n) is 5.34. The molecule has 68 valence electrons. The van der Waals surface area contributed by atoms with Crippen molar-refractivity contribution < 1.29 is 0 Å². The molecule has 0 aromatic heterocycles. The minimum atomic E-state index is 0.647. The van der Waals surface area contributed by atoms with Gasteiger partial charge in [-0.2, -0.15) is 0 Å². The van der Waals surface area contributed by atoms with Gasteiger partial charge in [0.2, 0.25) is 0 Å². The van der Waals surface area contributed by atoms with E-state index in [2.05, 4.69) is 43.0 Å². The van der Waals surface area contributed by atoms with Crippen LogP contribution in [-0.2, 0) is 0 Å². The summed E-state index contributed by atoms with van der Waals surface area (Å²) in [4.78, 5) is 0. The van der Waals surface area contributed by atoms with E-state index >= 15 is 0 Å². The summed E-state index contributed by atoms with van der Waals surface area (Å²) in [6.07, 6.45) is 4.79. The van der Waals surface area contributed by atoms with Gasteiger partial charge in [0.1, 0.15) is 0 Å². The molecule has 1 aromatic rings. The Morgan fingerprint density at radius 1 is 0.857 bits per heavy atom. The zero-order valence-corrected chi connectivity index (χ0v) is 7.98. The average Bonchev–Trinajstić information content (AvgIpc) is 2.94. The molecule has 4 aliphatic carbocycles. The normalized spacial score (nSPS) is 40.7. The third-order valence-corrected chi connectivity index (χ3v) is 4.15. The van der Waals surface area contributed by atoms with Crippen molar-refractivity contribution in [1.82, 2.24) is 0 Å². The molecule has 5 rings (SSSR count). The second-order valence-corrected chi connectivity index (χ2v) is 4.69. The van der Waals surface area contributed by atoms with Gasteiger partial charge < -0.3 is 0 Å². The Morgan fingerprint density at radius 2 is 1.36 bits per heavy atom. The van der Waals surface area contributed by atoms with Crippen LogP contribution in [0.15, 0.2) is 48.6 Å². The Bertz CT molecular complexity index is 426. The van der Waals surface area contributed by atoms with Crippen molar-refractivity contribution in [3.8, 4) is 0 Å². The zero-order valence-electron chi connectivity index (χ0n) is 7.98. The number of hydrogen-bond donors (Lipinski definition) is 0. The molecule has 0 heterocycles. The lowest BCUT2D eigenvalue weighted by molar-refractivity contribution is 0.523. The molecule has 0 nitrogen and oxygen atoms in total. The number of rotatable bonds is 0. The van der Waals surface area contributed by atoms with Gasteiger partial charge >= 0.3 is 0 Å². The Hall–Kier alpha value is -1.30. The molecule has 4 atom stereocenters. The van der Waals surface area contributed by atoms with Gasteiger partial charge in [-0.25, -0.2) is 0 Å². The minimum Gasteiger partial charge on any atom is -0.0992 e. The summed E-state index contributed by atoms with van der Waals surface area (Å²) in [6, 6.07) is 8.90. The van der Waals surface area contributed by atoms with Gasteiger partial charge in [-0.3, -0.25) is 0 Å². The lowest BCUT2D eigenvalue weighted by Gasteiger charge is -2.32. The highest BCUT2D eigenvalue weighted by atomic mass is 14.6. The monoisotopic (exact) mass is 180 g/mol. The Labute approximate surface area is 84.0 Å². The molecule has 2 bridgehead atoms. The van der Waals surface area contributed by atoms with Gasteiger partial charge in [0.05, 0.1) is 0 Å². The highest BCUT2D eigenvalue weighted by molar-refractivity contribution is 5.55. The molecular weight excluding hydrogens is 168 g/mol. The molecule has 14 heavy (non-hydrogen) atoms. The van der Waals surface area contributed by atoms with Gasteiger partial charge in [-0.1, -0.05) is 48.6 Å². The van der Waals surface area contributed by atoms with Crippen LogP contribution in [0.2, 0.25) is 0 Å². The molecule has 1 fully saturated rings. The summed E-state index contributed by atoms with van der Waals surface area (Å²) in [5.74, 6) is 2.85. The Kier molecular flexibility index (Phi) is 1.02. The van der Waals surface area contributed by atoms with Crippen molar-refractivity contribution in [2.45, 2.75) is 11.8 Å². The maximum Gasteiger partial charge on any atom is 0.00927 e. The van der Waals surface area contributed by atoms with Crippen LogP contribution < -0.4 is 0 Å².